The highest BCUT2D eigenvalue weighted by molar-refractivity contribution is 7.86. The van der Waals surface area contributed by atoms with Gasteiger partial charge in [-0.15, -0.1) is 0 Å². The maximum atomic E-state index is 11.8. The Morgan fingerprint density at radius 1 is 1.17 bits per heavy atom. The van der Waals surface area contributed by atoms with E-state index < -0.39 is 51.6 Å². The second kappa shape index (κ2) is 7.72. The highest BCUT2D eigenvalue weighted by Crippen LogP contribution is 2.30. The van der Waals surface area contributed by atoms with Gasteiger partial charge in [0.2, 0.25) is 6.29 Å². The number of rotatable bonds is 4. The minimum absolute atomic E-state index is 0.0443. The molecule has 2 aromatic rings. The summed E-state index contributed by atoms with van der Waals surface area (Å²) in [6.07, 6.45) is -7.76. The number of aryl methyl sites for hydroxylation is 1. The Morgan fingerprint density at radius 3 is 2.48 bits per heavy atom. The molecule has 0 saturated carbocycles. The number of hydrogen-bond donors (Lipinski definition) is 3. The molecule has 1 saturated heterocycles. The van der Waals surface area contributed by atoms with Gasteiger partial charge in [-0.25, -0.2) is 9.59 Å². The fraction of sp³-hybridized carbons (Fsp3) is 0.412. The molecule has 0 amide bonds. The van der Waals surface area contributed by atoms with Crippen LogP contribution in [0.2, 0.25) is 0 Å². The average molecular weight is 430 g/mol. The molecule has 1 aromatic heterocycles. The summed E-state index contributed by atoms with van der Waals surface area (Å²) < 4.78 is 53.1. The summed E-state index contributed by atoms with van der Waals surface area (Å²) in [6, 6.07) is 5.51. The number of hydrogen-bond acceptors (Lipinski definition) is 10. The van der Waals surface area contributed by atoms with E-state index >= 15 is 0 Å². The minimum Gasteiger partial charge on any atom is -0.467 e. The van der Waals surface area contributed by atoms with Gasteiger partial charge in [-0.1, -0.05) is 0 Å². The van der Waals surface area contributed by atoms with Crippen LogP contribution in [0.15, 0.2) is 33.5 Å². The van der Waals surface area contributed by atoms with Crippen LogP contribution in [0.3, 0.4) is 0 Å². The molecule has 2 heterocycles. The Balaban J connectivity index is 2.00. The molecule has 0 bridgehead atoms. The van der Waals surface area contributed by atoms with Gasteiger partial charge in [-0.3, -0.25) is 4.55 Å². The van der Waals surface area contributed by atoms with Gasteiger partial charge < -0.3 is 28.8 Å². The van der Waals surface area contributed by atoms with Crippen molar-refractivity contribution in [2.24, 2.45) is 0 Å². The molecule has 5 atom stereocenters. The van der Waals surface area contributed by atoms with Crippen LogP contribution in [0.5, 0.6) is 5.75 Å². The molecular weight excluding hydrogens is 412 g/mol. The lowest BCUT2D eigenvalue weighted by Gasteiger charge is -2.39. The van der Waals surface area contributed by atoms with Gasteiger partial charge in [0, 0.05) is 17.5 Å². The van der Waals surface area contributed by atoms with Crippen molar-refractivity contribution in [3.63, 3.8) is 0 Å². The molecule has 0 unspecified atom stereocenters. The number of methoxy groups -OCH3 is 1. The number of aliphatic hydroxyl groups is 2. The summed E-state index contributed by atoms with van der Waals surface area (Å²) in [7, 11) is -3.97. The molecule has 0 radical (unpaired) electrons. The average Bonchev–Trinajstić information content (AvgIpc) is 2.62. The van der Waals surface area contributed by atoms with Crippen molar-refractivity contribution in [2.45, 2.75) is 36.8 Å². The molecule has 1 fully saturated rings. The largest absolute Gasteiger partial charge is 0.467 e. The zero-order valence-electron chi connectivity index (χ0n) is 15.2. The van der Waals surface area contributed by atoms with Crippen molar-refractivity contribution in [3.8, 4) is 5.75 Å². The lowest BCUT2D eigenvalue weighted by atomic mass is 10.0. The van der Waals surface area contributed by atoms with Crippen LogP contribution in [0.1, 0.15) is 5.56 Å². The molecule has 11 nitrogen and oxygen atoms in total. The Labute approximate surface area is 164 Å². The molecular formula is C17H18O11S. The van der Waals surface area contributed by atoms with E-state index in [0.29, 0.717) is 10.9 Å². The number of aliphatic hydroxyl groups excluding tert-OH is 2. The van der Waals surface area contributed by atoms with E-state index in [0.717, 1.165) is 7.11 Å². The lowest BCUT2D eigenvalue weighted by molar-refractivity contribution is -0.228. The highest BCUT2D eigenvalue weighted by Gasteiger charge is 2.54. The van der Waals surface area contributed by atoms with Gasteiger partial charge >= 0.3 is 11.6 Å². The number of esters is 1. The third kappa shape index (κ3) is 4.11. The van der Waals surface area contributed by atoms with Crippen LogP contribution in [0.4, 0.5) is 0 Å². The summed E-state index contributed by atoms with van der Waals surface area (Å²) in [5.41, 5.74) is 0.162. The van der Waals surface area contributed by atoms with Crippen LogP contribution in [-0.2, 0) is 24.4 Å². The zero-order valence-corrected chi connectivity index (χ0v) is 16.0. The monoisotopic (exact) mass is 430 g/mol. The van der Waals surface area contributed by atoms with E-state index in [9.17, 15) is 32.8 Å². The number of carbonyl (C=O) groups excluding carboxylic acids is 1. The van der Waals surface area contributed by atoms with Crippen molar-refractivity contribution in [1.29, 1.82) is 0 Å². The maximum absolute atomic E-state index is 11.8. The zero-order chi connectivity index (χ0) is 21.5. The summed E-state index contributed by atoms with van der Waals surface area (Å²) in [5.74, 6) is -1.13. The highest BCUT2D eigenvalue weighted by atomic mass is 32.2. The van der Waals surface area contributed by atoms with Gasteiger partial charge in [0.25, 0.3) is 10.1 Å². The molecule has 0 spiro atoms. The smallest absolute Gasteiger partial charge is 0.337 e. The van der Waals surface area contributed by atoms with Crippen LogP contribution >= 0.6 is 0 Å². The molecule has 1 aliphatic heterocycles. The fourth-order valence-electron chi connectivity index (χ4n) is 3.07. The van der Waals surface area contributed by atoms with Crippen molar-refractivity contribution < 1.29 is 46.6 Å². The molecule has 29 heavy (non-hydrogen) atoms. The molecule has 158 valence electrons. The normalized spacial score (nSPS) is 27.6. The molecule has 3 N–H and O–H groups in total. The third-order valence-corrected chi connectivity index (χ3v) is 5.69. The van der Waals surface area contributed by atoms with Crippen molar-refractivity contribution >= 4 is 27.1 Å². The maximum Gasteiger partial charge on any atom is 0.337 e. The molecule has 1 aromatic carbocycles. The van der Waals surface area contributed by atoms with Crippen LogP contribution in [0, 0.1) is 6.92 Å². The second-order valence-electron chi connectivity index (χ2n) is 6.43. The van der Waals surface area contributed by atoms with Crippen LogP contribution in [0.25, 0.3) is 11.0 Å². The second-order valence-corrected chi connectivity index (χ2v) is 8.01. The first-order valence-electron chi connectivity index (χ1n) is 8.30. The van der Waals surface area contributed by atoms with Gasteiger partial charge in [-0.05, 0) is 24.6 Å². The Kier molecular flexibility index (Phi) is 5.65. The van der Waals surface area contributed by atoms with E-state index in [1.54, 1.807) is 6.92 Å². The van der Waals surface area contributed by atoms with E-state index in [-0.39, 0.29) is 11.3 Å². The first-order chi connectivity index (χ1) is 13.5. The fourth-order valence-corrected chi connectivity index (χ4v) is 3.99. The summed E-state index contributed by atoms with van der Waals surface area (Å²) >= 11 is 0. The number of fused-ring (bicyclic) bond motifs is 1. The SMILES string of the molecule is COC(=O)[C@H]1O[C@@H](Oc2ccc3c(C)cc(=O)oc3c2)[C@H](S(=O)(=O)O)[C@@H](O)[C@@H]1O. The van der Waals surface area contributed by atoms with Gasteiger partial charge in [0.1, 0.15) is 23.5 Å². The molecule has 12 heteroatoms. The minimum atomic E-state index is -4.97. The summed E-state index contributed by atoms with van der Waals surface area (Å²) in [6.45, 7) is 1.69. The van der Waals surface area contributed by atoms with Crippen molar-refractivity contribution in [1.82, 2.24) is 0 Å². The van der Waals surface area contributed by atoms with Gasteiger partial charge in [0.05, 0.1) is 7.11 Å². The van der Waals surface area contributed by atoms with Gasteiger partial charge in [-0.2, -0.15) is 8.42 Å². The Hall–Kier alpha value is -2.51. The molecule has 3 rings (SSSR count). The number of carbonyl (C=O) groups is 1. The van der Waals surface area contributed by atoms with Crippen LogP contribution in [-0.4, -0.2) is 66.1 Å². The predicted octanol–water partition coefficient (Wildman–Crippen LogP) is -0.644. The topological polar surface area (TPSA) is 170 Å². The first kappa shape index (κ1) is 21.2. The quantitative estimate of drug-likeness (QED) is 0.320. The van der Waals surface area contributed by atoms with Crippen molar-refractivity contribution in [2.75, 3.05) is 7.11 Å². The molecule has 1 aliphatic rings. The lowest BCUT2D eigenvalue weighted by Crippen LogP contribution is -2.63. The standard InChI is InChI=1S/C17H18O11S/c1-7-5-11(18)27-10-6-8(3-4-9(7)10)26-17-15(29(22,23)24)13(20)12(19)14(28-17)16(21)25-2/h3-6,12-15,17,19-20H,1-2H3,(H,22,23,24)/t12-,13-,14-,15+,17+/m0/s1. The van der Waals surface area contributed by atoms with Crippen LogP contribution < -0.4 is 10.4 Å². The van der Waals surface area contributed by atoms with Crippen molar-refractivity contribution in [3.05, 3.63) is 40.2 Å². The first-order valence-corrected chi connectivity index (χ1v) is 9.80. The Bertz CT molecular complexity index is 1090. The molecule has 0 aliphatic carbocycles. The van der Waals surface area contributed by atoms with E-state index in [1.807, 2.05) is 0 Å². The third-order valence-electron chi connectivity index (χ3n) is 4.50. The number of ether oxygens (including phenoxy) is 3. The predicted molar refractivity (Wildman–Crippen MR) is 95.9 cm³/mol. The van der Waals surface area contributed by atoms with E-state index in [2.05, 4.69) is 4.74 Å². The number of benzene rings is 1. The Morgan fingerprint density at radius 2 is 1.86 bits per heavy atom. The van der Waals surface area contributed by atoms with E-state index in [4.69, 9.17) is 13.9 Å². The summed E-state index contributed by atoms with van der Waals surface area (Å²) in [5, 5.41) is 18.6. The van der Waals surface area contributed by atoms with E-state index in [1.165, 1.54) is 24.3 Å². The van der Waals surface area contributed by atoms with Gasteiger partial charge in [0.15, 0.2) is 11.4 Å². The summed E-state index contributed by atoms with van der Waals surface area (Å²) in [4.78, 5) is 23.4.